The zero-order chi connectivity index (χ0) is 24.2. The molecule has 4 rings (SSSR count). The Hall–Kier alpha value is -3.59. The van der Waals surface area contributed by atoms with Gasteiger partial charge >= 0.3 is 6.09 Å². The summed E-state index contributed by atoms with van der Waals surface area (Å²) < 4.78 is 6.32. The Morgan fingerprint density at radius 3 is 2.82 bits per heavy atom. The van der Waals surface area contributed by atoms with E-state index in [-0.39, 0.29) is 12.0 Å². The number of amides is 2. The average Bonchev–Trinajstić information content (AvgIpc) is 3.32. The zero-order valence-corrected chi connectivity index (χ0v) is 20.3. The summed E-state index contributed by atoms with van der Waals surface area (Å²) in [7, 11) is 3.53. The number of thiophene rings is 1. The van der Waals surface area contributed by atoms with Gasteiger partial charge in [-0.2, -0.15) is 0 Å². The molecule has 0 spiro atoms. The van der Waals surface area contributed by atoms with Crippen LogP contribution in [0.25, 0.3) is 0 Å². The van der Waals surface area contributed by atoms with Crippen molar-refractivity contribution in [3.8, 4) is 5.75 Å². The Kier molecular flexibility index (Phi) is 7.02. The first kappa shape index (κ1) is 23.6. The van der Waals surface area contributed by atoms with Crippen LogP contribution in [0, 0.1) is 6.92 Å². The first-order valence-corrected chi connectivity index (χ1v) is 12.0. The summed E-state index contributed by atoms with van der Waals surface area (Å²) in [4.78, 5) is 35.1. The molecule has 3 heterocycles. The number of pyridine rings is 1. The van der Waals surface area contributed by atoms with Gasteiger partial charge in [0.2, 0.25) is 0 Å². The summed E-state index contributed by atoms with van der Waals surface area (Å²) in [5.74, 6) is 0.531. The van der Waals surface area contributed by atoms with Gasteiger partial charge in [0, 0.05) is 68.7 Å². The minimum absolute atomic E-state index is 0.0955. The highest BCUT2D eigenvalue weighted by Gasteiger charge is 2.27. The lowest BCUT2D eigenvalue weighted by Crippen LogP contribution is -2.33. The Labute approximate surface area is 203 Å². The van der Waals surface area contributed by atoms with Crippen LogP contribution in [0.2, 0.25) is 0 Å². The minimum Gasteiger partial charge on any atom is -0.485 e. The Morgan fingerprint density at radius 1 is 1.26 bits per heavy atom. The van der Waals surface area contributed by atoms with Crippen LogP contribution in [-0.2, 0) is 0 Å². The van der Waals surface area contributed by atoms with Gasteiger partial charge in [0.05, 0.1) is 11.3 Å². The predicted octanol–water partition coefficient (Wildman–Crippen LogP) is 4.67. The second-order valence-electron chi connectivity index (χ2n) is 8.33. The summed E-state index contributed by atoms with van der Waals surface area (Å²) in [6, 6.07) is 13.4. The first-order valence-electron chi connectivity index (χ1n) is 11.1. The van der Waals surface area contributed by atoms with Crippen molar-refractivity contribution in [3.63, 3.8) is 0 Å². The van der Waals surface area contributed by atoms with Crippen molar-refractivity contribution in [2.75, 3.05) is 43.5 Å². The van der Waals surface area contributed by atoms with E-state index in [2.05, 4.69) is 9.88 Å². The van der Waals surface area contributed by atoms with E-state index in [0.29, 0.717) is 37.4 Å². The first-order chi connectivity index (χ1) is 16.3. The van der Waals surface area contributed by atoms with Crippen LogP contribution >= 0.6 is 11.3 Å². The maximum Gasteiger partial charge on any atom is 0.407 e. The third-order valence-electron chi connectivity index (χ3n) is 5.89. The summed E-state index contributed by atoms with van der Waals surface area (Å²) >= 11 is 1.57. The third kappa shape index (κ3) is 5.14. The molecule has 3 aromatic rings. The van der Waals surface area contributed by atoms with Gasteiger partial charge in [-0.3, -0.25) is 9.78 Å². The molecule has 0 fully saturated rings. The Morgan fingerprint density at radius 2 is 2.09 bits per heavy atom. The molecular weight excluding hydrogens is 452 g/mol. The molecule has 178 valence electrons. The van der Waals surface area contributed by atoms with E-state index >= 15 is 0 Å². The van der Waals surface area contributed by atoms with Crippen LogP contribution in [0.4, 0.5) is 16.2 Å². The number of aromatic nitrogens is 1. The fourth-order valence-electron chi connectivity index (χ4n) is 3.92. The number of fused-ring (bicyclic) bond motifs is 1. The number of nitrogens with zero attached hydrogens (tertiary/aromatic N) is 4. The molecule has 1 atom stereocenters. The molecule has 1 N–H and O–H groups in total. The summed E-state index contributed by atoms with van der Waals surface area (Å²) in [6.07, 6.45) is 0.894. The minimum atomic E-state index is -0.971. The molecule has 1 unspecified atom stereocenters. The van der Waals surface area contributed by atoms with Gasteiger partial charge in [-0.25, -0.2) is 4.79 Å². The summed E-state index contributed by atoms with van der Waals surface area (Å²) in [5, 5.41) is 11.2. The molecule has 1 aromatic carbocycles. The highest BCUT2D eigenvalue weighted by molar-refractivity contribution is 7.10. The van der Waals surface area contributed by atoms with Crippen molar-refractivity contribution in [1.29, 1.82) is 0 Å². The number of ether oxygens (including phenoxy) is 1. The second-order valence-corrected chi connectivity index (χ2v) is 9.31. The van der Waals surface area contributed by atoms with Crippen molar-refractivity contribution >= 4 is 34.7 Å². The SMILES string of the molecule is Cc1cc2c(cn1)C(=O)N(c1cccc(OC(CCN(C)C(=O)O)c3cccs3)c1)CCN2C. The summed E-state index contributed by atoms with van der Waals surface area (Å²) in [5.41, 5.74) is 3.07. The van der Waals surface area contributed by atoms with Crippen molar-refractivity contribution < 1.29 is 19.4 Å². The van der Waals surface area contributed by atoms with E-state index < -0.39 is 6.09 Å². The average molecular weight is 481 g/mol. The monoisotopic (exact) mass is 480 g/mol. The topological polar surface area (TPSA) is 86.2 Å². The Bertz CT molecular complexity index is 1170. The molecular formula is C25H28N4O4S. The van der Waals surface area contributed by atoms with E-state index in [9.17, 15) is 14.7 Å². The van der Waals surface area contributed by atoms with Crippen LogP contribution in [0.15, 0.2) is 54.0 Å². The van der Waals surface area contributed by atoms with Crippen molar-refractivity contribution in [1.82, 2.24) is 9.88 Å². The van der Waals surface area contributed by atoms with Crippen molar-refractivity contribution in [3.05, 3.63) is 70.2 Å². The number of carbonyl (C=O) groups is 2. The smallest absolute Gasteiger partial charge is 0.407 e. The number of hydrogen-bond donors (Lipinski definition) is 1. The van der Waals surface area contributed by atoms with Gasteiger partial charge in [-0.15, -0.1) is 11.3 Å². The molecule has 9 heteroatoms. The number of benzene rings is 1. The molecule has 0 radical (unpaired) electrons. The van der Waals surface area contributed by atoms with Gasteiger partial charge in [0.15, 0.2) is 0 Å². The van der Waals surface area contributed by atoms with E-state index in [1.807, 2.05) is 61.8 Å². The summed E-state index contributed by atoms with van der Waals surface area (Å²) in [6.45, 7) is 3.48. The van der Waals surface area contributed by atoms with Crippen LogP contribution in [0.5, 0.6) is 5.75 Å². The van der Waals surface area contributed by atoms with Gasteiger partial charge in [-0.05, 0) is 36.6 Å². The quantitative estimate of drug-likeness (QED) is 0.529. The standard InChI is InChI=1S/C25H28N4O4S/c1-17-14-21-20(16-26-17)24(30)29(12-11-27(21)2)18-6-4-7-19(15-18)33-22(23-8-5-13-34-23)9-10-28(3)25(31)32/h4-8,13-16,22H,9-12H2,1-3H3,(H,31,32). The third-order valence-corrected chi connectivity index (χ3v) is 6.85. The largest absolute Gasteiger partial charge is 0.485 e. The molecule has 2 amide bonds. The van der Waals surface area contributed by atoms with Crippen LogP contribution in [0.3, 0.4) is 0 Å². The van der Waals surface area contributed by atoms with Gasteiger partial charge in [-0.1, -0.05) is 12.1 Å². The van der Waals surface area contributed by atoms with Crippen LogP contribution in [-0.4, -0.2) is 60.7 Å². The molecule has 1 aliphatic heterocycles. The number of aryl methyl sites for hydroxylation is 1. The Balaban J connectivity index is 1.57. The van der Waals surface area contributed by atoms with E-state index in [0.717, 1.165) is 21.9 Å². The number of carbonyl (C=O) groups excluding carboxylic acids is 1. The molecule has 0 saturated carbocycles. The number of hydrogen-bond acceptors (Lipinski definition) is 6. The number of likely N-dealkylation sites (N-methyl/N-ethyl adjacent to an activating group) is 1. The molecule has 0 bridgehead atoms. The van der Waals surface area contributed by atoms with Gasteiger partial charge < -0.3 is 24.5 Å². The maximum absolute atomic E-state index is 13.4. The molecule has 8 nitrogen and oxygen atoms in total. The van der Waals surface area contributed by atoms with Crippen molar-refractivity contribution in [2.45, 2.75) is 19.4 Å². The lowest BCUT2D eigenvalue weighted by molar-refractivity contribution is 0.0989. The molecule has 2 aromatic heterocycles. The fraction of sp³-hybridized carbons (Fsp3) is 0.320. The van der Waals surface area contributed by atoms with E-state index in [4.69, 9.17) is 4.74 Å². The van der Waals surface area contributed by atoms with E-state index in [1.54, 1.807) is 29.5 Å². The number of rotatable bonds is 7. The molecule has 1 aliphatic rings. The van der Waals surface area contributed by atoms with Gasteiger partial charge in [0.25, 0.3) is 5.91 Å². The molecule has 0 saturated heterocycles. The fourth-order valence-corrected chi connectivity index (χ4v) is 4.71. The van der Waals surface area contributed by atoms with Gasteiger partial charge in [0.1, 0.15) is 11.9 Å². The molecule has 34 heavy (non-hydrogen) atoms. The highest BCUT2D eigenvalue weighted by Crippen LogP contribution is 2.32. The number of anilines is 2. The molecule has 0 aliphatic carbocycles. The zero-order valence-electron chi connectivity index (χ0n) is 19.5. The highest BCUT2D eigenvalue weighted by atomic mass is 32.1. The van der Waals surface area contributed by atoms with Crippen LogP contribution < -0.4 is 14.5 Å². The van der Waals surface area contributed by atoms with Crippen molar-refractivity contribution in [2.24, 2.45) is 0 Å². The second kappa shape index (κ2) is 10.1. The normalized spacial score (nSPS) is 14.4. The lowest BCUT2D eigenvalue weighted by atomic mass is 10.1. The van der Waals surface area contributed by atoms with Crippen LogP contribution in [0.1, 0.15) is 33.5 Å². The van der Waals surface area contributed by atoms with E-state index in [1.165, 1.54) is 4.90 Å². The lowest BCUT2D eigenvalue weighted by Gasteiger charge is -2.24. The maximum atomic E-state index is 13.4. The number of carboxylic acid groups (broad SMARTS) is 1. The predicted molar refractivity (Wildman–Crippen MR) is 133 cm³/mol.